The van der Waals surface area contributed by atoms with Gasteiger partial charge in [-0.15, -0.1) is 0 Å². The fourth-order valence-corrected chi connectivity index (χ4v) is 3.28. The van der Waals surface area contributed by atoms with E-state index in [1.165, 1.54) is 0 Å². The summed E-state index contributed by atoms with van der Waals surface area (Å²) in [5.41, 5.74) is 3.28. The number of para-hydroxylation sites is 1. The molecular formula is C19H14ClNO. The quantitative estimate of drug-likeness (QED) is 0.541. The van der Waals surface area contributed by atoms with Gasteiger partial charge in [0.2, 0.25) is 0 Å². The first kappa shape index (κ1) is 13.2. The number of aromatic hydroxyl groups is 1. The normalized spacial score (nSPS) is 11.3. The number of hydrogen-bond donors (Lipinski definition) is 1. The van der Waals surface area contributed by atoms with Gasteiger partial charge in [0.15, 0.2) is 0 Å². The maximum Gasteiger partial charge on any atom is 0.125 e. The van der Waals surface area contributed by atoms with Gasteiger partial charge in [0.25, 0.3) is 0 Å². The van der Waals surface area contributed by atoms with Gasteiger partial charge >= 0.3 is 0 Å². The zero-order chi connectivity index (χ0) is 15.1. The van der Waals surface area contributed by atoms with Gasteiger partial charge in [-0.1, -0.05) is 48.0 Å². The van der Waals surface area contributed by atoms with E-state index in [0.29, 0.717) is 12.3 Å². The molecule has 108 valence electrons. The first-order valence-electron chi connectivity index (χ1n) is 7.17. The van der Waals surface area contributed by atoms with E-state index in [2.05, 4.69) is 16.7 Å². The molecule has 4 aromatic rings. The van der Waals surface area contributed by atoms with Crippen molar-refractivity contribution < 1.29 is 5.11 Å². The number of halogens is 1. The Balaban J connectivity index is 2.01. The number of aromatic nitrogens is 1. The first-order valence-corrected chi connectivity index (χ1v) is 7.55. The summed E-state index contributed by atoms with van der Waals surface area (Å²) in [5.74, 6) is 0.318. The van der Waals surface area contributed by atoms with E-state index in [-0.39, 0.29) is 0 Å². The lowest BCUT2D eigenvalue weighted by Gasteiger charge is -2.08. The molecule has 0 amide bonds. The Bertz CT molecular complexity index is 987. The molecule has 4 rings (SSSR count). The van der Waals surface area contributed by atoms with Crippen LogP contribution in [0, 0.1) is 0 Å². The van der Waals surface area contributed by atoms with Crippen LogP contribution in [0.5, 0.6) is 5.75 Å². The van der Waals surface area contributed by atoms with Gasteiger partial charge in [-0.2, -0.15) is 0 Å². The molecule has 0 bridgehead atoms. The van der Waals surface area contributed by atoms with E-state index in [9.17, 15) is 5.11 Å². The summed E-state index contributed by atoms with van der Waals surface area (Å²) in [5, 5.41) is 13.0. The number of benzene rings is 3. The molecule has 0 saturated carbocycles. The second kappa shape index (κ2) is 5.08. The second-order valence-corrected chi connectivity index (χ2v) is 5.84. The fourth-order valence-electron chi connectivity index (χ4n) is 3.07. The van der Waals surface area contributed by atoms with Gasteiger partial charge in [-0.05, 0) is 35.9 Å². The molecule has 22 heavy (non-hydrogen) atoms. The van der Waals surface area contributed by atoms with Crippen molar-refractivity contribution >= 4 is 33.4 Å². The lowest BCUT2D eigenvalue weighted by Crippen LogP contribution is -1.99. The van der Waals surface area contributed by atoms with Gasteiger partial charge in [-0.3, -0.25) is 0 Å². The van der Waals surface area contributed by atoms with E-state index in [0.717, 1.165) is 32.4 Å². The molecule has 3 heteroatoms. The van der Waals surface area contributed by atoms with E-state index in [1.54, 1.807) is 6.07 Å². The summed E-state index contributed by atoms with van der Waals surface area (Å²) in [4.78, 5) is 0. The minimum atomic E-state index is 0.318. The van der Waals surface area contributed by atoms with Crippen molar-refractivity contribution in [1.82, 2.24) is 4.57 Å². The molecule has 3 aromatic carbocycles. The zero-order valence-corrected chi connectivity index (χ0v) is 12.6. The van der Waals surface area contributed by atoms with Gasteiger partial charge < -0.3 is 9.67 Å². The fraction of sp³-hybridized carbons (Fsp3) is 0.0526. The number of hydrogen-bond acceptors (Lipinski definition) is 1. The third-order valence-electron chi connectivity index (χ3n) is 4.01. The maximum absolute atomic E-state index is 10.3. The largest absolute Gasteiger partial charge is 0.507 e. The molecule has 0 aliphatic heterocycles. The third kappa shape index (κ3) is 2.04. The zero-order valence-electron chi connectivity index (χ0n) is 11.8. The van der Waals surface area contributed by atoms with Gasteiger partial charge in [0.1, 0.15) is 5.75 Å². The predicted octanol–water partition coefficient (Wildman–Crippen LogP) is 5.20. The average Bonchev–Trinajstić information content (AvgIpc) is 2.83. The lowest BCUT2D eigenvalue weighted by molar-refractivity contribution is 0.482. The summed E-state index contributed by atoms with van der Waals surface area (Å²) in [6.07, 6.45) is 0. The van der Waals surface area contributed by atoms with Crippen molar-refractivity contribution in [3.05, 3.63) is 77.3 Å². The Kier molecular flexibility index (Phi) is 3.05. The van der Waals surface area contributed by atoms with E-state index >= 15 is 0 Å². The molecule has 1 N–H and O–H groups in total. The van der Waals surface area contributed by atoms with Gasteiger partial charge in [-0.25, -0.2) is 0 Å². The third-order valence-corrected chi connectivity index (χ3v) is 4.24. The Labute approximate surface area is 133 Å². The van der Waals surface area contributed by atoms with Crippen molar-refractivity contribution in [3.63, 3.8) is 0 Å². The van der Waals surface area contributed by atoms with Crippen LogP contribution < -0.4 is 0 Å². The van der Waals surface area contributed by atoms with Crippen LogP contribution in [0.15, 0.2) is 66.7 Å². The molecule has 0 radical (unpaired) electrons. The number of fused-ring (bicyclic) bond motifs is 3. The molecule has 0 unspecified atom stereocenters. The van der Waals surface area contributed by atoms with Crippen molar-refractivity contribution in [2.45, 2.75) is 6.54 Å². The van der Waals surface area contributed by atoms with Crippen LogP contribution in [0.1, 0.15) is 5.56 Å². The summed E-state index contributed by atoms with van der Waals surface area (Å²) < 4.78 is 2.22. The molecule has 0 aliphatic carbocycles. The van der Waals surface area contributed by atoms with Crippen LogP contribution in [0.25, 0.3) is 21.8 Å². The van der Waals surface area contributed by atoms with Crippen molar-refractivity contribution in [2.75, 3.05) is 0 Å². The maximum atomic E-state index is 10.3. The average molecular weight is 308 g/mol. The number of phenols is 1. The highest BCUT2D eigenvalue weighted by atomic mass is 35.5. The molecule has 1 heterocycles. The van der Waals surface area contributed by atoms with Gasteiger partial charge in [0.05, 0.1) is 5.52 Å². The van der Waals surface area contributed by atoms with Crippen LogP contribution in [-0.2, 0) is 6.54 Å². The molecule has 0 aliphatic rings. The van der Waals surface area contributed by atoms with Crippen LogP contribution >= 0.6 is 11.6 Å². The number of nitrogens with zero attached hydrogens (tertiary/aromatic N) is 1. The second-order valence-electron chi connectivity index (χ2n) is 5.40. The minimum Gasteiger partial charge on any atom is -0.507 e. The summed E-state index contributed by atoms with van der Waals surface area (Å²) in [6.45, 7) is 0.716. The monoisotopic (exact) mass is 307 g/mol. The van der Waals surface area contributed by atoms with Gasteiger partial charge in [0, 0.05) is 27.9 Å². The Hall–Kier alpha value is -2.45. The topological polar surface area (TPSA) is 25.2 Å². The Morgan fingerprint density at radius 3 is 2.50 bits per heavy atom. The summed E-state index contributed by atoms with van der Waals surface area (Å²) >= 11 is 6.10. The van der Waals surface area contributed by atoms with E-state index < -0.39 is 0 Å². The van der Waals surface area contributed by atoms with E-state index in [4.69, 9.17) is 11.6 Å². The highest BCUT2D eigenvalue weighted by molar-refractivity contribution is 6.30. The van der Waals surface area contributed by atoms with Crippen molar-refractivity contribution in [2.24, 2.45) is 0 Å². The number of rotatable bonds is 2. The highest BCUT2D eigenvalue weighted by Crippen LogP contribution is 2.35. The van der Waals surface area contributed by atoms with E-state index in [1.807, 2.05) is 48.5 Å². The molecule has 0 saturated heterocycles. The van der Waals surface area contributed by atoms with Crippen LogP contribution in [-0.4, -0.2) is 9.67 Å². The lowest BCUT2D eigenvalue weighted by atomic mass is 10.1. The standard InChI is InChI=1S/C19H14ClNO/c20-14-6-3-5-13(11-14)12-21-16-8-2-1-7-15(16)19-17(21)9-4-10-18(19)22/h1-11,22H,12H2. The molecular weight excluding hydrogens is 294 g/mol. The molecule has 0 spiro atoms. The van der Waals surface area contributed by atoms with Crippen LogP contribution in [0.2, 0.25) is 5.02 Å². The Morgan fingerprint density at radius 1 is 0.864 bits per heavy atom. The summed E-state index contributed by atoms with van der Waals surface area (Å²) in [6, 6.07) is 21.7. The Morgan fingerprint density at radius 2 is 1.64 bits per heavy atom. The van der Waals surface area contributed by atoms with Crippen molar-refractivity contribution in [3.8, 4) is 5.75 Å². The predicted molar refractivity (Wildman–Crippen MR) is 91.7 cm³/mol. The molecule has 0 atom stereocenters. The highest BCUT2D eigenvalue weighted by Gasteiger charge is 2.13. The molecule has 0 fully saturated rings. The van der Waals surface area contributed by atoms with Crippen LogP contribution in [0.4, 0.5) is 0 Å². The number of phenolic OH excluding ortho intramolecular Hbond substituents is 1. The minimum absolute atomic E-state index is 0.318. The first-order chi connectivity index (χ1) is 10.7. The van der Waals surface area contributed by atoms with Crippen molar-refractivity contribution in [1.29, 1.82) is 0 Å². The van der Waals surface area contributed by atoms with Crippen LogP contribution in [0.3, 0.4) is 0 Å². The SMILES string of the molecule is Oc1cccc2c1c1ccccc1n2Cc1cccc(Cl)c1. The summed E-state index contributed by atoms with van der Waals surface area (Å²) in [7, 11) is 0. The molecule has 2 nitrogen and oxygen atoms in total. The molecule has 1 aromatic heterocycles. The smallest absolute Gasteiger partial charge is 0.125 e.